The molecular weight excluding hydrogens is 288 g/mol. The van der Waals surface area contributed by atoms with Crippen molar-refractivity contribution in [2.24, 2.45) is 0 Å². The zero-order chi connectivity index (χ0) is 15.5. The zero-order valence-electron chi connectivity index (χ0n) is 12.5. The van der Waals surface area contributed by atoms with Gasteiger partial charge in [0.15, 0.2) is 0 Å². The number of hydrogen-bond donors (Lipinski definition) is 1. The Kier molecular flexibility index (Phi) is 5.00. The van der Waals surface area contributed by atoms with Gasteiger partial charge >= 0.3 is 0 Å². The number of rotatable bonds is 5. The van der Waals surface area contributed by atoms with Gasteiger partial charge < -0.3 is 4.90 Å². The molecular formula is C15H22N2O3S. The lowest BCUT2D eigenvalue weighted by Crippen LogP contribution is -2.33. The predicted octanol–water partition coefficient (Wildman–Crippen LogP) is 2.00. The van der Waals surface area contributed by atoms with Gasteiger partial charge in [-0.3, -0.25) is 4.79 Å². The van der Waals surface area contributed by atoms with E-state index in [-0.39, 0.29) is 16.8 Å². The molecule has 0 saturated heterocycles. The Bertz CT molecular complexity index is 607. The van der Waals surface area contributed by atoms with E-state index in [1.54, 1.807) is 24.1 Å². The number of carbonyl (C=O) groups excluding carboxylic acids is 1. The van der Waals surface area contributed by atoms with E-state index in [1.807, 2.05) is 6.92 Å². The summed E-state index contributed by atoms with van der Waals surface area (Å²) < 4.78 is 27.5. The van der Waals surface area contributed by atoms with Crippen molar-refractivity contribution in [3.05, 3.63) is 29.8 Å². The monoisotopic (exact) mass is 310 g/mol. The fourth-order valence-corrected chi connectivity index (χ4v) is 3.84. The van der Waals surface area contributed by atoms with E-state index < -0.39 is 10.0 Å². The highest BCUT2D eigenvalue weighted by atomic mass is 32.2. The van der Waals surface area contributed by atoms with E-state index in [9.17, 15) is 13.2 Å². The molecule has 1 amide bonds. The summed E-state index contributed by atoms with van der Waals surface area (Å²) in [5.41, 5.74) is 0.397. The Hall–Kier alpha value is -1.40. The lowest BCUT2D eigenvalue weighted by Gasteiger charge is -2.16. The topological polar surface area (TPSA) is 66.5 Å². The van der Waals surface area contributed by atoms with Gasteiger partial charge in [0, 0.05) is 25.2 Å². The van der Waals surface area contributed by atoms with E-state index in [0.717, 1.165) is 25.7 Å². The van der Waals surface area contributed by atoms with Gasteiger partial charge in [-0.05, 0) is 38.0 Å². The number of amides is 1. The Morgan fingerprint density at radius 1 is 1.33 bits per heavy atom. The molecule has 1 aliphatic carbocycles. The highest BCUT2D eigenvalue weighted by Crippen LogP contribution is 2.21. The van der Waals surface area contributed by atoms with Crippen LogP contribution >= 0.6 is 0 Å². The number of nitrogens with zero attached hydrogens (tertiary/aromatic N) is 1. The van der Waals surface area contributed by atoms with Crippen molar-refractivity contribution in [1.82, 2.24) is 9.62 Å². The maximum Gasteiger partial charge on any atom is 0.253 e. The second kappa shape index (κ2) is 6.58. The summed E-state index contributed by atoms with van der Waals surface area (Å²) in [6, 6.07) is 6.25. The Balaban J connectivity index is 2.21. The van der Waals surface area contributed by atoms with E-state index in [2.05, 4.69) is 4.72 Å². The van der Waals surface area contributed by atoms with Crippen LogP contribution in [0.3, 0.4) is 0 Å². The molecule has 0 heterocycles. The fourth-order valence-electron chi connectivity index (χ4n) is 2.49. The molecule has 0 aromatic heterocycles. The van der Waals surface area contributed by atoms with Crippen molar-refractivity contribution in [2.75, 3.05) is 13.6 Å². The predicted molar refractivity (Wildman–Crippen MR) is 81.7 cm³/mol. The van der Waals surface area contributed by atoms with Crippen LogP contribution in [-0.4, -0.2) is 38.9 Å². The van der Waals surface area contributed by atoms with Gasteiger partial charge in [-0.25, -0.2) is 13.1 Å². The highest BCUT2D eigenvalue weighted by molar-refractivity contribution is 7.89. The maximum atomic E-state index is 12.4. The lowest BCUT2D eigenvalue weighted by atomic mass is 10.2. The van der Waals surface area contributed by atoms with Gasteiger partial charge in [0.2, 0.25) is 10.0 Å². The van der Waals surface area contributed by atoms with E-state index in [4.69, 9.17) is 0 Å². The molecule has 0 radical (unpaired) electrons. The van der Waals surface area contributed by atoms with Gasteiger partial charge in [0.1, 0.15) is 0 Å². The molecule has 0 aliphatic heterocycles. The van der Waals surface area contributed by atoms with Crippen LogP contribution in [0.5, 0.6) is 0 Å². The highest BCUT2D eigenvalue weighted by Gasteiger charge is 2.23. The van der Waals surface area contributed by atoms with Crippen LogP contribution in [0.25, 0.3) is 0 Å². The minimum atomic E-state index is -3.55. The van der Waals surface area contributed by atoms with Gasteiger partial charge in [-0.2, -0.15) is 0 Å². The normalized spacial score (nSPS) is 16.1. The van der Waals surface area contributed by atoms with Crippen LogP contribution in [0.1, 0.15) is 43.0 Å². The molecule has 6 heteroatoms. The van der Waals surface area contributed by atoms with Crippen molar-refractivity contribution in [1.29, 1.82) is 0 Å². The molecule has 1 saturated carbocycles. The first kappa shape index (κ1) is 16.0. The molecule has 1 aromatic rings. The van der Waals surface area contributed by atoms with Crippen molar-refractivity contribution in [3.63, 3.8) is 0 Å². The van der Waals surface area contributed by atoms with Crippen LogP contribution in [0.15, 0.2) is 29.2 Å². The van der Waals surface area contributed by atoms with E-state index in [1.165, 1.54) is 12.1 Å². The second-order valence-electron chi connectivity index (χ2n) is 5.45. The SMILES string of the molecule is CCN(C)C(=O)c1cccc(S(=O)(=O)NC2CCCC2)c1. The molecule has 21 heavy (non-hydrogen) atoms. The van der Waals surface area contributed by atoms with Gasteiger partial charge in [-0.1, -0.05) is 18.9 Å². The van der Waals surface area contributed by atoms with E-state index in [0.29, 0.717) is 12.1 Å². The Morgan fingerprint density at radius 3 is 2.62 bits per heavy atom. The third-order valence-corrected chi connectivity index (χ3v) is 5.41. The molecule has 0 bridgehead atoms. The smallest absolute Gasteiger partial charge is 0.253 e. The summed E-state index contributed by atoms with van der Waals surface area (Å²) in [4.78, 5) is 13.8. The zero-order valence-corrected chi connectivity index (χ0v) is 13.3. The van der Waals surface area contributed by atoms with Crippen LogP contribution in [-0.2, 0) is 10.0 Å². The molecule has 1 aromatic carbocycles. The number of hydrogen-bond acceptors (Lipinski definition) is 3. The lowest BCUT2D eigenvalue weighted by molar-refractivity contribution is 0.0802. The van der Waals surface area contributed by atoms with Crippen LogP contribution in [0.2, 0.25) is 0 Å². The van der Waals surface area contributed by atoms with Crippen LogP contribution in [0.4, 0.5) is 0 Å². The summed E-state index contributed by atoms with van der Waals surface area (Å²) in [5, 5.41) is 0. The molecule has 5 nitrogen and oxygen atoms in total. The summed E-state index contributed by atoms with van der Waals surface area (Å²) in [6.45, 7) is 2.45. The average molecular weight is 310 g/mol. The molecule has 0 unspecified atom stereocenters. The molecule has 1 fully saturated rings. The largest absolute Gasteiger partial charge is 0.342 e. The molecule has 0 atom stereocenters. The first-order chi connectivity index (χ1) is 9.94. The standard InChI is InChI=1S/C15H22N2O3S/c1-3-17(2)15(18)12-7-6-10-14(11-12)21(19,20)16-13-8-4-5-9-13/h6-7,10-11,13,16H,3-5,8-9H2,1-2H3. The molecule has 1 aliphatic rings. The van der Waals surface area contributed by atoms with Crippen molar-refractivity contribution < 1.29 is 13.2 Å². The third kappa shape index (κ3) is 3.83. The van der Waals surface area contributed by atoms with Crippen molar-refractivity contribution in [2.45, 2.75) is 43.5 Å². The molecule has 1 N–H and O–H groups in total. The van der Waals surface area contributed by atoms with Crippen LogP contribution in [0, 0.1) is 0 Å². The second-order valence-corrected chi connectivity index (χ2v) is 7.16. The summed E-state index contributed by atoms with van der Waals surface area (Å²) in [6.07, 6.45) is 3.90. The fraction of sp³-hybridized carbons (Fsp3) is 0.533. The minimum Gasteiger partial charge on any atom is -0.342 e. The Morgan fingerprint density at radius 2 is 2.00 bits per heavy atom. The number of carbonyl (C=O) groups is 1. The van der Waals surface area contributed by atoms with Gasteiger partial charge in [-0.15, -0.1) is 0 Å². The minimum absolute atomic E-state index is 0.0210. The maximum absolute atomic E-state index is 12.4. The summed E-state index contributed by atoms with van der Waals surface area (Å²) >= 11 is 0. The molecule has 0 spiro atoms. The average Bonchev–Trinajstić information content (AvgIpc) is 2.98. The summed E-state index contributed by atoms with van der Waals surface area (Å²) in [5.74, 6) is -0.171. The Labute approximate surface area is 126 Å². The van der Waals surface area contributed by atoms with Gasteiger partial charge in [0.05, 0.1) is 4.90 Å². The van der Waals surface area contributed by atoms with E-state index >= 15 is 0 Å². The number of benzene rings is 1. The molecule has 2 rings (SSSR count). The first-order valence-electron chi connectivity index (χ1n) is 7.32. The third-order valence-electron chi connectivity index (χ3n) is 3.89. The van der Waals surface area contributed by atoms with Gasteiger partial charge in [0.25, 0.3) is 5.91 Å². The number of nitrogens with one attached hydrogen (secondary N) is 1. The summed E-state index contributed by atoms with van der Waals surface area (Å²) in [7, 11) is -1.86. The van der Waals surface area contributed by atoms with Crippen molar-refractivity contribution >= 4 is 15.9 Å². The quantitative estimate of drug-likeness (QED) is 0.904. The number of sulfonamides is 1. The molecule has 116 valence electrons. The first-order valence-corrected chi connectivity index (χ1v) is 8.80. The van der Waals surface area contributed by atoms with Crippen molar-refractivity contribution in [3.8, 4) is 0 Å². The van der Waals surface area contributed by atoms with Crippen LogP contribution < -0.4 is 4.72 Å².